The minimum absolute atomic E-state index is 0. The molecule has 1 heterocycles. The molecule has 1 aliphatic heterocycles. The first kappa shape index (κ1) is 16.2. The predicted molar refractivity (Wildman–Crippen MR) is 84.3 cm³/mol. The van der Waals surface area contributed by atoms with Gasteiger partial charge in [-0.1, -0.05) is 19.4 Å². The van der Waals surface area contributed by atoms with Gasteiger partial charge < -0.3 is 10.6 Å². The summed E-state index contributed by atoms with van der Waals surface area (Å²) < 4.78 is 14.5. The molecule has 2 N–H and O–H groups in total. The van der Waals surface area contributed by atoms with Crippen LogP contribution < -0.4 is 10.6 Å². The molecule has 3 rings (SSSR count). The van der Waals surface area contributed by atoms with E-state index in [-0.39, 0.29) is 29.5 Å². The second kappa shape index (κ2) is 6.32. The molecule has 0 bridgehead atoms. The van der Waals surface area contributed by atoms with E-state index in [0.29, 0.717) is 18.7 Å². The average molecular weight is 313 g/mol. The van der Waals surface area contributed by atoms with Gasteiger partial charge in [0.15, 0.2) is 0 Å². The number of hydrogen-bond donors (Lipinski definition) is 2. The molecule has 3 nitrogen and oxygen atoms in total. The summed E-state index contributed by atoms with van der Waals surface area (Å²) in [5.74, 6) is -0.262. The third-order valence-electron chi connectivity index (χ3n) is 4.92. The van der Waals surface area contributed by atoms with Crippen molar-refractivity contribution in [3.63, 3.8) is 0 Å². The van der Waals surface area contributed by atoms with Crippen LogP contribution in [-0.2, 0) is 17.8 Å². The fourth-order valence-electron chi connectivity index (χ4n) is 3.23. The number of fused-ring (bicyclic) bond motifs is 1. The molecule has 0 atom stereocenters. The average Bonchev–Trinajstić information content (AvgIpc) is 2.42. The van der Waals surface area contributed by atoms with Crippen LogP contribution >= 0.6 is 12.4 Å². The first-order valence-electron chi connectivity index (χ1n) is 7.49. The van der Waals surface area contributed by atoms with Crippen LogP contribution in [0.2, 0.25) is 0 Å². The van der Waals surface area contributed by atoms with Crippen molar-refractivity contribution in [2.45, 2.75) is 45.6 Å². The van der Waals surface area contributed by atoms with Gasteiger partial charge in [0.2, 0.25) is 5.91 Å². The van der Waals surface area contributed by atoms with Crippen molar-refractivity contribution in [1.29, 1.82) is 0 Å². The molecule has 0 spiro atoms. The van der Waals surface area contributed by atoms with Gasteiger partial charge >= 0.3 is 0 Å². The maximum absolute atomic E-state index is 14.5. The third-order valence-corrected chi connectivity index (χ3v) is 4.92. The zero-order valence-corrected chi connectivity index (χ0v) is 13.1. The monoisotopic (exact) mass is 312 g/mol. The standard InChI is InChI=1S/C16H21FN2O.ClH/c1-2-16(7-3-8-16)15(20)19-13-5-4-11-10-18-9-6-12(11)14(13)17;/h4-5,18H,2-3,6-10H2,1H3,(H,19,20);1H. The summed E-state index contributed by atoms with van der Waals surface area (Å²) in [5.41, 5.74) is 1.83. The number of carbonyl (C=O) groups excluding carboxylic acids is 1. The number of amides is 1. The molecule has 1 aromatic carbocycles. The second-order valence-corrected chi connectivity index (χ2v) is 5.93. The number of hydrogen-bond acceptors (Lipinski definition) is 2. The van der Waals surface area contributed by atoms with Crippen LogP contribution in [0.15, 0.2) is 12.1 Å². The molecular weight excluding hydrogens is 291 g/mol. The molecule has 1 aromatic rings. The van der Waals surface area contributed by atoms with Crippen molar-refractivity contribution in [2.24, 2.45) is 5.41 Å². The second-order valence-electron chi connectivity index (χ2n) is 5.93. The third kappa shape index (κ3) is 2.79. The van der Waals surface area contributed by atoms with Crippen LogP contribution in [0.3, 0.4) is 0 Å². The molecule has 1 aliphatic carbocycles. The van der Waals surface area contributed by atoms with Gasteiger partial charge in [0.05, 0.1) is 5.69 Å². The Morgan fingerprint density at radius 1 is 1.43 bits per heavy atom. The summed E-state index contributed by atoms with van der Waals surface area (Å²) in [6.07, 6.45) is 4.45. The molecule has 2 aliphatic rings. The Morgan fingerprint density at radius 3 is 2.81 bits per heavy atom. The molecule has 0 radical (unpaired) electrons. The summed E-state index contributed by atoms with van der Waals surface area (Å²) >= 11 is 0. The summed E-state index contributed by atoms with van der Waals surface area (Å²) in [6, 6.07) is 3.61. The van der Waals surface area contributed by atoms with Gasteiger partial charge in [-0.2, -0.15) is 0 Å². The van der Waals surface area contributed by atoms with Gasteiger partial charge in [0.25, 0.3) is 0 Å². The van der Waals surface area contributed by atoms with Crippen LogP contribution in [0, 0.1) is 11.2 Å². The Balaban J connectivity index is 0.00000161. The fourth-order valence-corrected chi connectivity index (χ4v) is 3.23. The molecule has 0 unspecified atom stereocenters. The lowest BCUT2D eigenvalue weighted by molar-refractivity contribution is -0.130. The number of anilines is 1. The highest BCUT2D eigenvalue weighted by molar-refractivity contribution is 5.96. The normalized spacial score (nSPS) is 19.0. The first-order chi connectivity index (χ1) is 9.66. The molecule has 21 heavy (non-hydrogen) atoms. The summed E-state index contributed by atoms with van der Waals surface area (Å²) in [5, 5.41) is 6.05. The number of benzene rings is 1. The van der Waals surface area contributed by atoms with Crippen molar-refractivity contribution in [3.05, 3.63) is 29.1 Å². The van der Waals surface area contributed by atoms with Crippen LogP contribution in [0.4, 0.5) is 10.1 Å². The van der Waals surface area contributed by atoms with Crippen LogP contribution in [0.25, 0.3) is 0 Å². The molecule has 0 saturated heterocycles. The maximum Gasteiger partial charge on any atom is 0.230 e. The van der Waals surface area contributed by atoms with Gasteiger partial charge in [0, 0.05) is 12.0 Å². The van der Waals surface area contributed by atoms with E-state index >= 15 is 0 Å². The molecule has 5 heteroatoms. The highest BCUT2D eigenvalue weighted by atomic mass is 35.5. The summed E-state index contributed by atoms with van der Waals surface area (Å²) in [6.45, 7) is 3.53. The van der Waals surface area contributed by atoms with Crippen LogP contribution in [0.5, 0.6) is 0 Å². The van der Waals surface area contributed by atoms with Gasteiger partial charge in [-0.05, 0) is 49.4 Å². The molecule has 116 valence electrons. The largest absolute Gasteiger partial charge is 0.323 e. The lowest BCUT2D eigenvalue weighted by Crippen LogP contribution is -2.41. The smallest absolute Gasteiger partial charge is 0.230 e. The minimum Gasteiger partial charge on any atom is -0.323 e. The van der Waals surface area contributed by atoms with E-state index in [1.807, 2.05) is 13.0 Å². The summed E-state index contributed by atoms with van der Waals surface area (Å²) in [7, 11) is 0. The van der Waals surface area contributed by atoms with E-state index in [2.05, 4.69) is 10.6 Å². The Hall–Kier alpha value is -1.13. The Kier molecular flexibility index (Phi) is 4.89. The zero-order chi connectivity index (χ0) is 14.2. The van der Waals surface area contributed by atoms with E-state index < -0.39 is 0 Å². The SMILES string of the molecule is CCC1(C(=O)Nc2ccc3c(c2F)CCNC3)CCC1.Cl. The quantitative estimate of drug-likeness (QED) is 0.898. The van der Waals surface area contributed by atoms with Gasteiger partial charge in [-0.15, -0.1) is 12.4 Å². The number of halogens is 2. The highest BCUT2D eigenvalue weighted by Crippen LogP contribution is 2.44. The van der Waals surface area contributed by atoms with Crippen molar-refractivity contribution in [1.82, 2.24) is 5.32 Å². The van der Waals surface area contributed by atoms with Crippen molar-refractivity contribution in [3.8, 4) is 0 Å². The Bertz CT molecular complexity index is 538. The van der Waals surface area contributed by atoms with Gasteiger partial charge in [-0.25, -0.2) is 4.39 Å². The number of nitrogens with one attached hydrogen (secondary N) is 2. The van der Waals surface area contributed by atoms with E-state index in [1.165, 1.54) is 0 Å². The zero-order valence-electron chi connectivity index (χ0n) is 12.3. The van der Waals surface area contributed by atoms with Crippen LogP contribution in [-0.4, -0.2) is 12.5 Å². The van der Waals surface area contributed by atoms with E-state index in [4.69, 9.17) is 0 Å². The van der Waals surface area contributed by atoms with Crippen molar-refractivity contribution < 1.29 is 9.18 Å². The minimum atomic E-state index is -0.260. The first-order valence-corrected chi connectivity index (χ1v) is 7.49. The van der Waals surface area contributed by atoms with Gasteiger partial charge in [-0.3, -0.25) is 4.79 Å². The maximum atomic E-state index is 14.5. The fraction of sp³-hybridized carbons (Fsp3) is 0.562. The Morgan fingerprint density at radius 2 is 2.19 bits per heavy atom. The van der Waals surface area contributed by atoms with Crippen LogP contribution in [0.1, 0.15) is 43.7 Å². The molecule has 0 aromatic heterocycles. The predicted octanol–water partition coefficient (Wildman–Crippen LogP) is 3.41. The number of carbonyl (C=O) groups is 1. The Labute approximate surface area is 131 Å². The lowest BCUT2D eigenvalue weighted by Gasteiger charge is -2.39. The van der Waals surface area contributed by atoms with E-state index in [9.17, 15) is 9.18 Å². The molecule has 1 fully saturated rings. The number of rotatable bonds is 3. The van der Waals surface area contributed by atoms with E-state index in [0.717, 1.165) is 43.4 Å². The molecular formula is C16H22ClFN2O. The lowest BCUT2D eigenvalue weighted by atomic mass is 9.66. The van der Waals surface area contributed by atoms with Crippen molar-refractivity contribution in [2.75, 3.05) is 11.9 Å². The molecule has 1 saturated carbocycles. The van der Waals surface area contributed by atoms with Crippen molar-refractivity contribution >= 4 is 24.0 Å². The summed E-state index contributed by atoms with van der Waals surface area (Å²) in [4.78, 5) is 12.4. The topological polar surface area (TPSA) is 41.1 Å². The van der Waals surface area contributed by atoms with Gasteiger partial charge in [0.1, 0.15) is 5.82 Å². The highest BCUT2D eigenvalue weighted by Gasteiger charge is 2.42. The van der Waals surface area contributed by atoms with E-state index in [1.54, 1.807) is 6.07 Å². The molecule has 1 amide bonds.